The number of pyridine rings is 1. The predicted molar refractivity (Wildman–Crippen MR) is 65.6 cm³/mol. The van der Waals surface area contributed by atoms with Crippen LogP contribution in [0.15, 0.2) is 18.3 Å². The Balaban J connectivity index is 2.57. The molecule has 2 rings (SSSR count). The second-order valence-corrected chi connectivity index (χ2v) is 3.66. The lowest BCUT2D eigenvalue weighted by Crippen LogP contribution is -2.24. The van der Waals surface area contributed by atoms with E-state index in [1.807, 2.05) is 19.1 Å². The van der Waals surface area contributed by atoms with Crippen LogP contribution in [-0.2, 0) is 0 Å². The lowest BCUT2D eigenvalue weighted by atomic mass is 10.2. The van der Waals surface area contributed by atoms with Crippen LogP contribution in [0, 0.1) is 6.92 Å². The Morgan fingerprint density at radius 2 is 1.94 bits per heavy atom. The minimum absolute atomic E-state index is 0.772. The molecule has 4 heteroatoms. The maximum atomic E-state index is 4.52. The predicted octanol–water partition coefficient (Wildman–Crippen LogP) is 2.18. The molecule has 4 nitrogen and oxygen atoms in total. The first-order valence-electron chi connectivity index (χ1n) is 5.60. The van der Waals surface area contributed by atoms with Crippen LogP contribution in [0.25, 0.3) is 11.0 Å². The molecule has 84 valence electrons. The molecule has 0 aliphatic rings. The van der Waals surface area contributed by atoms with Crippen molar-refractivity contribution in [2.24, 2.45) is 0 Å². The molecule has 0 atom stereocenters. The number of hydrogen-bond acceptors (Lipinski definition) is 4. The van der Waals surface area contributed by atoms with Crippen molar-refractivity contribution in [1.29, 1.82) is 0 Å². The largest absolute Gasteiger partial charge is 0.341 e. The van der Waals surface area contributed by atoms with Gasteiger partial charge in [0.2, 0.25) is 5.95 Å². The zero-order valence-electron chi connectivity index (χ0n) is 9.94. The van der Waals surface area contributed by atoms with E-state index in [1.165, 1.54) is 0 Å². The van der Waals surface area contributed by atoms with Gasteiger partial charge >= 0.3 is 0 Å². The highest BCUT2D eigenvalue weighted by molar-refractivity contribution is 5.77. The van der Waals surface area contributed by atoms with Gasteiger partial charge in [0.1, 0.15) is 0 Å². The molecule has 2 aromatic rings. The van der Waals surface area contributed by atoms with Crippen molar-refractivity contribution < 1.29 is 0 Å². The van der Waals surface area contributed by atoms with Gasteiger partial charge in [0.25, 0.3) is 0 Å². The van der Waals surface area contributed by atoms with Crippen LogP contribution in [0.2, 0.25) is 0 Å². The Morgan fingerprint density at radius 1 is 1.19 bits per heavy atom. The zero-order chi connectivity index (χ0) is 11.5. The van der Waals surface area contributed by atoms with Crippen molar-refractivity contribution in [3.05, 3.63) is 24.0 Å². The third-order valence-electron chi connectivity index (χ3n) is 2.70. The first kappa shape index (κ1) is 10.8. The molecule has 0 amide bonds. The summed E-state index contributed by atoms with van der Waals surface area (Å²) >= 11 is 0. The molecular weight excluding hydrogens is 200 g/mol. The number of hydrogen-bond donors (Lipinski definition) is 0. The molecule has 2 aromatic heterocycles. The van der Waals surface area contributed by atoms with Gasteiger partial charge in [-0.25, -0.2) is 9.97 Å². The molecule has 2 heterocycles. The minimum Gasteiger partial charge on any atom is -0.341 e. The van der Waals surface area contributed by atoms with E-state index in [9.17, 15) is 0 Å². The Kier molecular flexibility index (Phi) is 2.99. The van der Waals surface area contributed by atoms with Crippen molar-refractivity contribution in [1.82, 2.24) is 15.0 Å². The summed E-state index contributed by atoms with van der Waals surface area (Å²) in [5.74, 6) is 0.772. The van der Waals surface area contributed by atoms with Crippen molar-refractivity contribution in [2.75, 3.05) is 18.0 Å². The molecule has 0 radical (unpaired) electrons. The number of anilines is 1. The van der Waals surface area contributed by atoms with Gasteiger partial charge in [-0.05, 0) is 32.9 Å². The van der Waals surface area contributed by atoms with Gasteiger partial charge in [-0.2, -0.15) is 4.98 Å². The van der Waals surface area contributed by atoms with Gasteiger partial charge in [-0.15, -0.1) is 0 Å². The van der Waals surface area contributed by atoms with Crippen molar-refractivity contribution in [3.8, 4) is 0 Å². The quantitative estimate of drug-likeness (QED) is 0.788. The highest BCUT2D eigenvalue weighted by atomic mass is 15.2. The number of aromatic nitrogens is 3. The summed E-state index contributed by atoms with van der Waals surface area (Å²) in [5, 5.41) is 1.03. The van der Waals surface area contributed by atoms with Gasteiger partial charge in [0.05, 0.1) is 5.69 Å². The fourth-order valence-electron chi connectivity index (χ4n) is 1.75. The second-order valence-electron chi connectivity index (χ2n) is 3.66. The maximum Gasteiger partial charge on any atom is 0.227 e. The van der Waals surface area contributed by atoms with Crippen LogP contribution in [0.3, 0.4) is 0 Å². The van der Waals surface area contributed by atoms with E-state index in [1.54, 1.807) is 6.20 Å². The number of nitrogens with zero attached hydrogens (tertiary/aromatic N) is 4. The third-order valence-corrected chi connectivity index (χ3v) is 2.70. The van der Waals surface area contributed by atoms with Gasteiger partial charge in [-0.3, -0.25) is 0 Å². The lowest BCUT2D eigenvalue weighted by molar-refractivity contribution is 0.821. The number of rotatable bonds is 3. The van der Waals surface area contributed by atoms with E-state index in [2.05, 4.69) is 33.7 Å². The Bertz CT molecular complexity index is 491. The molecule has 0 N–H and O–H groups in total. The van der Waals surface area contributed by atoms with Crippen LogP contribution < -0.4 is 4.90 Å². The lowest BCUT2D eigenvalue weighted by Gasteiger charge is -2.18. The number of aryl methyl sites for hydroxylation is 1. The van der Waals surface area contributed by atoms with Crippen molar-refractivity contribution in [2.45, 2.75) is 20.8 Å². The normalized spacial score (nSPS) is 10.7. The molecule has 0 saturated heterocycles. The molecule has 0 fully saturated rings. The molecule has 0 saturated carbocycles. The molecule has 0 aliphatic carbocycles. The van der Waals surface area contributed by atoms with Crippen molar-refractivity contribution in [3.63, 3.8) is 0 Å². The summed E-state index contributed by atoms with van der Waals surface area (Å²) in [5.41, 5.74) is 1.76. The van der Waals surface area contributed by atoms with Crippen molar-refractivity contribution >= 4 is 17.0 Å². The molecule has 0 bridgehead atoms. The monoisotopic (exact) mass is 216 g/mol. The minimum atomic E-state index is 0.772. The summed E-state index contributed by atoms with van der Waals surface area (Å²) < 4.78 is 0. The van der Waals surface area contributed by atoms with E-state index in [0.29, 0.717) is 0 Å². The summed E-state index contributed by atoms with van der Waals surface area (Å²) in [4.78, 5) is 15.4. The maximum absolute atomic E-state index is 4.52. The molecule has 0 aliphatic heterocycles. The summed E-state index contributed by atoms with van der Waals surface area (Å²) in [6.07, 6.45) is 1.76. The molecule has 0 aromatic carbocycles. The molecule has 0 unspecified atom stereocenters. The highest BCUT2D eigenvalue weighted by Crippen LogP contribution is 2.16. The van der Waals surface area contributed by atoms with E-state index < -0.39 is 0 Å². The molecule has 16 heavy (non-hydrogen) atoms. The van der Waals surface area contributed by atoms with Crippen LogP contribution >= 0.6 is 0 Å². The average molecular weight is 216 g/mol. The first-order valence-corrected chi connectivity index (χ1v) is 5.60. The first-order chi connectivity index (χ1) is 7.76. The summed E-state index contributed by atoms with van der Waals surface area (Å²) in [7, 11) is 0. The number of fused-ring (bicyclic) bond motifs is 1. The summed E-state index contributed by atoms with van der Waals surface area (Å²) in [6, 6.07) is 3.92. The molecular formula is C12H16N4. The van der Waals surface area contributed by atoms with Crippen LogP contribution in [0.1, 0.15) is 19.5 Å². The van der Waals surface area contributed by atoms with E-state index in [4.69, 9.17) is 0 Å². The molecule has 0 spiro atoms. The summed E-state index contributed by atoms with van der Waals surface area (Å²) in [6.45, 7) is 8.02. The van der Waals surface area contributed by atoms with E-state index in [-0.39, 0.29) is 0 Å². The third kappa shape index (κ3) is 1.83. The highest BCUT2D eigenvalue weighted by Gasteiger charge is 2.09. The van der Waals surface area contributed by atoms with Crippen LogP contribution in [0.5, 0.6) is 0 Å². The smallest absolute Gasteiger partial charge is 0.227 e. The van der Waals surface area contributed by atoms with Crippen LogP contribution in [-0.4, -0.2) is 28.0 Å². The van der Waals surface area contributed by atoms with Gasteiger partial charge in [0, 0.05) is 24.7 Å². The van der Waals surface area contributed by atoms with Gasteiger partial charge in [0.15, 0.2) is 5.65 Å². The Labute approximate surface area is 95.4 Å². The van der Waals surface area contributed by atoms with E-state index in [0.717, 1.165) is 35.8 Å². The van der Waals surface area contributed by atoms with Gasteiger partial charge < -0.3 is 4.90 Å². The topological polar surface area (TPSA) is 41.9 Å². The van der Waals surface area contributed by atoms with E-state index >= 15 is 0 Å². The standard InChI is InChI=1S/C12H16N4/c1-4-16(5-2)12-14-9(3)10-7-6-8-13-11(10)15-12/h6-8H,4-5H2,1-3H3. The zero-order valence-corrected chi connectivity index (χ0v) is 9.94. The van der Waals surface area contributed by atoms with Gasteiger partial charge in [-0.1, -0.05) is 0 Å². The Morgan fingerprint density at radius 3 is 2.62 bits per heavy atom. The fraction of sp³-hybridized carbons (Fsp3) is 0.417. The van der Waals surface area contributed by atoms with Crippen LogP contribution in [0.4, 0.5) is 5.95 Å². The fourth-order valence-corrected chi connectivity index (χ4v) is 1.75. The SMILES string of the molecule is CCN(CC)c1nc(C)c2cccnc2n1. The second kappa shape index (κ2) is 4.43. The average Bonchev–Trinajstić information content (AvgIpc) is 2.31. The Hall–Kier alpha value is -1.71.